The van der Waals surface area contributed by atoms with Gasteiger partial charge in [-0.25, -0.2) is 28.2 Å². The molecule has 10 nitrogen and oxygen atoms in total. The normalized spacial score (nSPS) is 23.7. The third-order valence-corrected chi connectivity index (χ3v) is 9.12. The van der Waals surface area contributed by atoms with E-state index in [1.54, 1.807) is 24.5 Å². The highest BCUT2D eigenvalue weighted by Gasteiger charge is 2.34. The van der Waals surface area contributed by atoms with Crippen molar-refractivity contribution in [1.29, 1.82) is 0 Å². The standard InChI is InChI=1S/C27H33N5O5S/c1-14-15(2)36-26(33)18-8-9-22(32-24(14)18)31-23-11-19-20(12-29-23)25(30-13-21(19)27(3,4)28)37-16-6-7-17(10-16)38(5,34)35/h8-9,11-17H,6-7,10,28H2,1-5H3,(H,29,31,32)/t14-,15-,16+,17+/m0/s1. The van der Waals surface area contributed by atoms with Crippen molar-refractivity contribution in [3.05, 3.63) is 47.4 Å². The molecular formula is C27H33N5O5S. The third kappa shape index (κ3) is 5.04. The van der Waals surface area contributed by atoms with Crippen LogP contribution in [0.15, 0.2) is 30.6 Å². The fraction of sp³-hybridized carbons (Fsp3) is 0.481. The van der Waals surface area contributed by atoms with E-state index < -0.39 is 20.6 Å². The van der Waals surface area contributed by atoms with Crippen molar-refractivity contribution in [2.45, 2.75) is 75.9 Å². The number of esters is 1. The molecular weight excluding hydrogens is 506 g/mol. The Kier molecular flexibility index (Phi) is 6.55. The smallest absolute Gasteiger partial charge is 0.340 e. The summed E-state index contributed by atoms with van der Waals surface area (Å²) in [5.41, 5.74) is 7.76. The Hall–Kier alpha value is -3.31. The molecule has 3 aromatic rings. The molecule has 3 aromatic heterocycles. The molecule has 0 amide bonds. The van der Waals surface area contributed by atoms with Crippen molar-refractivity contribution in [2.75, 3.05) is 11.6 Å². The van der Waals surface area contributed by atoms with Crippen LogP contribution in [-0.4, -0.2) is 53.1 Å². The van der Waals surface area contributed by atoms with Crippen LogP contribution in [0.4, 0.5) is 11.6 Å². The number of carbonyl (C=O) groups excluding carboxylic acids is 1. The van der Waals surface area contributed by atoms with Gasteiger partial charge in [-0.2, -0.15) is 0 Å². The lowest BCUT2D eigenvalue weighted by Gasteiger charge is -2.27. The van der Waals surface area contributed by atoms with Gasteiger partial charge in [0.1, 0.15) is 33.7 Å². The van der Waals surface area contributed by atoms with Gasteiger partial charge in [-0.15, -0.1) is 0 Å². The number of aromatic nitrogens is 3. The minimum Gasteiger partial charge on any atom is -0.474 e. The van der Waals surface area contributed by atoms with E-state index in [4.69, 9.17) is 20.2 Å². The highest BCUT2D eigenvalue weighted by Crippen LogP contribution is 2.36. The van der Waals surface area contributed by atoms with E-state index in [2.05, 4.69) is 15.3 Å². The predicted octanol–water partition coefficient (Wildman–Crippen LogP) is 3.97. The van der Waals surface area contributed by atoms with Crippen LogP contribution in [0.5, 0.6) is 5.88 Å². The Bertz CT molecular complexity index is 1520. The van der Waals surface area contributed by atoms with Gasteiger partial charge in [-0.1, -0.05) is 6.92 Å². The Morgan fingerprint density at radius 3 is 2.55 bits per heavy atom. The first kappa shape index (κ1) is 26.3. The lowest BCUT2D eigenvalue weighted by molar-refractivity contribution is 0.0235. The fourth-order valence-electron chi connectivity index (χ4n) is 5.09. The number of nitrogens with one attached hydrogen (secondary N) is 1. The number of nitrogens with zero attached hydrogens (tertiary/aromatic N) is 3. The van der Waals surface area contributed by atoms with Crippen LogP contribution in [0.2, 0.25) is 0 Å². The van der Waals surface area contributed by atoms with E-state index in [9.17, 15) is 13.2 Å². The summed E-state index contributed by atoms with van der Waals surface area (Å²) >= 11 is 0. The zero-order valence-corrected chi connectivity index (χ0v) is 23.0. The van der Waals surface area contributed by atoms with E-state index >= 15 is 0 Å². The first-order valence-electron chi connectivity index (χ1n) is 12.7. The van der Waals surface area contributed by atoms with Crippen molar-refractivity contribution < 1.29 is 22.7 Å². The highest BCUT2D eigenvalue weighted by molar-refractivity contribution is 7.91. The number of cyclic esters (lactones) is 1. The van der Waals surface area contributed by atoms with E-state index in [1.807, 2.05) is 33.8 Å². The number of ether oxygens (including phenoxy) is 2. The summed E-state index contributed by atoms with van der Waals surface area (Å²) in [6.07, 6.45) is 5.81. The topological polar surface area (TPSA) is 146 Å². The molecule has 1 fully saturated rings. The quantitative estimate of drug-likeness (QED) is 0.441. The van der Waals surface area contributed by atoms with Gasteiger partial charge in [0, 0.05) is 36.5 Å². The molecule has 4 atom stereocenters. The molecule has 0 radical (unpaired) electrons. The van der Waals surface area contributed by atoms with Crippen LogP contribution in [0, 0.1) is 0 Å². The summed E-state index contributed by atoms with van der Waals surface area (Å²) in [6, 6.07) is 5.32. The van der Waals surface area contributed by atoms with Gasteiger partial charge in [0.05, 0.1) is 21.9 Å². The molecule has 1 saturated carbocycles. The number of nitrogens with two attached hydrogens (primary N) is 1. The predicted molar refractivity (Wildman–Crippen MR) is 144 cm³/mol. The van der Waals surface area contributed by atoms with Crippen LogP contribution in [-0.2, 0) is 20.1 Å². The molecule has 2 aliphatic rings. The molecule has 38 heavy (non-hydrogen) atoms. The second kappa shape index (κ2) is 9.46. The maximum absolute atomic E-state index is 12.3. The Morgan fingerprint density at radius 2 is 1.87 bits per heavy atom. The van der Waals surface area contributed by atoms with Gasteiger partial charge in [-0.05, 0) is 62.8 Å². The minimum absolute atomic E-state index is 0.0395. The van der Waals surface area contributed by atoms with E-state index in [-0.39, 0.29) is 24.1 Å². The highest BCUT2D eigenvalue weighted by atomic mass is 32.2. The number of rotatable bonds is 6. The molecule has 0 spiro atoms. The third-order valence-electron chi connectivity index (χ3n) is 7.48. The van der Waals surface area contributed by atoms with Crippen molar-refractivity contribution in [1.82, 2.24) is 15.0 Å². The molecule has 11 heteroatoms. The molecule has 202 valence electrons. The fourth-order valence-corrected chi connectivity index (χ4v) is 6.22. The first-order valence-corrected chi connectivity index (χ1v) is 14.7. The number of hydrogen-bond acceptors (Lipinski definition) is 10. The number of anilines is 2. The summed E-state index contributed by atoms with van der Waals surface area (Å²) in [5, 5.41) is 4.36. The molecule has 1 aliphatic carbocycles. The number of fused-ring (bicyclic) bond motifs is 2. The van der Waals surface area contributed by atoms with Crippen LogP contribution in [0.25, 0.3) is 10.8 Å². The summed E-state index contributed by atoms with van der Waals surface area (Å²) in [5.74, 6) is 1.10. The van der Waals surface area contributed by atoms with Gasteiger partial charge >= 0.3 is 5.97 Å². The molecule has 0 bridgehead atoms. The van der Waals surface area contributed by atoms with Crippen LogP contribution in [0.1, 0.15) is 74.5 Å². The van der Waals surface area contributed by atoms with Gasteiger partial charge in [0.15, 0.2) is 0 Å². The van der Waals surface area contributed by atoms with E-state index in [0.29, 0.717) is 53.4 Å². The van der Waals surface area contributed by atoms with Gasteiger partial charge < -0.3 is 20.5 Å². The zero-order valence-electron chi connectivity index (χ0n) is 22.2. The van der Waals surface area contributed by atoms with Crippen LogP contribution >= 0.6 is 0 Å². The summed E-state index contributed by atoms with van der Waals surface area (Å²) in [4.78, 5) is 26.1. The van der Waals surface area contributed by atoms with Crippen LogP contribution in [0.3, 0.4) is 0 Å². The van der Waals surface area contributed by atoms with E-state index in [1.165, 1.54) is 6.26 Å². The largest absolute Gasteiger partial charge is 0.474 e. The summed E-state index contributed by atoms with van der Waals surface area (Å²) in [7, 11) is -3.12. The number of hydrogen-bond donors (Lipinski definition) is 2. The van der Waals surface area contributed by atoms with Crippen LogP contribution < -0.4 is 15.8 Å². The Balaban J connectivity index is 1.48. The second-order valence-electron chi connectivity index (χ2n) is 11.0. The number of sulfone groups is 1. The average Bonchev–Trinajstić information content (AvgIpc) is 3.31. The molecule has 3 N–H and O–H groups in total. The minimum atomic E-state index is -3.12. The lowest BCUT2D eigenvalue weighted by Crippen LogP contribution is -2.29. The summed E-state index contributed by atoms with van der Waals surface area (Å²) < 4.78 is 35.6. The molecule has 0 unspecified atom stereocenters. The zero-order chi connectivity index (χ0) is 27.4. The lowest BCUT2D eigenvalue weighted by atomic mass is 9.93. The van der Waals surface area contributed by atoms with Gasteiger partial charge in [0.25, 0.3) is 0 Å². The van der Waals surface area contributed by atoms with Gasteiger partial charge in [-0.3, -0.25) is 0 Å². The SMILES string of the molecule is C[C@@H]1OC(=O)c2ccc(Nc3cc4c(C(C)(C)N)cnc(O[C@@H]5CC[C@@H](S(C)(=O)=O)C5)c4cn3)nc2[C@H]1C. The van der Waals surface area contributed by atoms with Gasteiger partial charge in [0.2, 0.25) is 5.88 Å². The Labute approximate surface area is 222 Å². The number of pyridine rings is 3. The van der Waals surface area contributed by atoms with Crippen molar-refractivity contribution in [3.63, 3.8) is 0 Å². The monoisotopic (exact) mass is 539 g/mol. The second-order valence-corrected chi connectivity index (χ2v) is 13.3. The molecule has 0 aromatic carbocycles. The molecule has 1 aliphatic heterocycles. The maximum Gasteiger partial charge on any atom is 0.340 e. The van der Waals surface area contributed by atoms with Crippen molar-refractivity contribution in [3.8, 4) is 5.88 Å². The first-order chi connectivity index (χ1) is 17.8. The Morgan fingerprint density at radius 1 is 1.11 bits per heavy atom. The van der Waals surface area contributed by atoms with Crippen molar-refractivity contribution >= 4 is 38.2 Å². The molecule has 0 saturated heterocycles. The molecule has 5 rings (SSSR count). The average molecular weight is 540 g/mol. The van der Waals surface area contributed by atoms with Crippen molar-refractivity contribution in [2.24, 2.45) is 5.73 Å². The van der Waals surface area contributed by atoms with E-state index in [0.717, 1.165) is 10.9 Å². The summed E-state index contributed by atoms with van der Waals surface area (Å²) in [6.45, 7) is 7.64. The molecule has 4 heterocycles. The maximum atomic E-state index is 12.3. The number of carbonyl (C=O) groups is 1.